The molecule has 1 aliphatic carbocycles. The largest absolute Gasteiger partial charge is 0.486 e. The van der Waals surface area contributed by atoms with Gasteiger partial charge in [0.2, 0.25) is 11.8 Å². The molecular weight excluding hydrogens is 527 g/mol. The van der Waals surface area contributed by atoms with E-state index in [4.69, 9.17) is 39.1 Å². The average molecular weight is 553 g/mol. The molecule has 2 heterocycles. The van der Waals surface area contributed by atoms with Crippen LogP contribution in [0.2, 0.25) is 0 Å². The van der Waals surface area contributed by atoms with Crippen LogP contribution in [0.3, 0.4) is 0 Å². The number of hydrogen-bond donors (Lipinski definition) is 4. The molecule has 36 heavy (non-hydrogen) atoms. The molecular formula is C23H26Cl2N6O4S. The summed E-state index contributed by atoms with van der Waals surface area (Å²) in [7, 11) is 0. The third kappa shape index (κ3) is 6.26. The summed E-state index contributed by atoms with van der Waals surface area (Å²) >= 11 is 13.5. The van der Waals surface area contributed by atoms with E-state index in [0.717, 1.165) is 5.01 Å². The first-order valence-corrected chi connectivity index (χ1v) is 13.0. The van der Waals surface area contributed by atoms with Crippen molar-refractivity contribution in [3.05, 3.63) is 40.3 Å². The van der Waals surface area contributed by atoms with Gasteiger partial charge in [-0.2, -0.15) is 0 Å². The van der Waals surface area contributed by atoms with Crippen LogP contribution in [-0.2, 0) is 21.0 Å². The normalized spacial score (nSPS) is 20.0. The van der Waals surface area contributed by atoms with Crippen molar-refractivity contribution in [2.24, 2.45) is 11.7 Å². The summed E-state index contributed by atoms with van der Waals surface area (Å²) in [4.78, 5) is 43.0. The van der Waals surface area contributed by atoms with Crippen LogP contribution >= 0.6 is 34.5 Å². The van der Waals surface area contributed by atoms with Crippen molar-refractivity contribution in [3.8, 4) is 5.75 Å². The zero-order chi connectivity index (χ0) is 25.9. The first-order chi connectivity index (χ1) is 17.2. The van der Waals surface area contributed by atoms with Crippen molar-refractivity contribution >= 4 is 63.7 Å². The standard InChI is InChI=1S/C23H26Cl2N6O4S/c24-23(25)9-13(23)10-30-22(34)17-2-1-6-31(17)19(32)11-29-16-4-3-14(8-15(16)20(26)21(27)33)35-12-18-28-5-7-36-18/h3-5,7-8,13,17,26,29H,1-2,6,9-12H2,(H2,27,33)(H,30,34)/t13-,17+/m1/s1. The number of alkyl halides is 2. The number of halogens is 2. The number of likely N-dealkylation sites (tertiary alicyclic amines) is 1. The van der Waals surface area contributed by atoms with E-state index in [9.17, 15) is 14.4 Å². The van der Waals surface area contributed by atoms with Crippen LogP contribution in [0.15, 0.2) is 29.8 Å². The van der Waals surface area contributed by atoms with Crippen LogP contribution in [0.5, 0.6) is 5.75 Å². The minimum absolute atomic E-state index is 0.0181. The smallest absolute Gasteiger partial charge is 0.267 e. The van der Waals surface area contributed by atoms with Crippen LogP contribution in [0.1, 0.15) is 29.8 Å². The van der Waals surface area contributed by atoms with Gasteiger partial charge in [-0.3, -0.25) is 19.8 Å². The third-order valence-electron chi connectivity index (χ3n) is 6.14. The van der Waals surface area contributed by atoms with E-state index in [1.54, 1.807) is 18.3 Å². The molecule has 1 aromatic heterocycles. The predicted octanol–water partition coefficient (Wildman–Crippen LogP) is 2.29. The van der Waals surface area contributed by atoms with Gasteiger partial charge in [-0.1, -0.05) is 0 Å². The molecule has 10 nitrogen and oxygen atoms in total. The van der Waals surface area contributed by atoms with E-state index in [2.05, 4.69) is 15.6 Å². The molecule has 2 aliphatic rings. The molecule has 1 aliphatic heterocycles. The lowest BCUT2D eigenvalue weighted by atomic mass is 10.1. The van der Waals surface area contributed by atoms with Crippen molar-refractivity contribution in [3.63, 3.8) is 0 Å². The second kappa shape index (κ2) is 11.0. The lowest BCUT2D eigenvalue weighted by molar-refractivity contribution is -0.137. The number of aromatic nitrogens is 1. The summed E-state index contributed by atoms with van der Waals surface area (Å²) in [5, 5.41) is 16.5. The number of hydrogen-bond acceptors (Lipinski definition) is 8. The number of anilines is 1. The average Bonchev–Trinajstić information content (AvgIpc) is 3.29. The quantitative estimate of drug-likeness (QED) is 0.248. The molecule has 2 aromatic rings. The van der Waals surface area contributed by atoms with Crippen LogP contribution in [0, 0.1) is 11.3 Å². The van der Waals surface area contributed by atoms with Gasteiger partial charge in [0.25, 0.3) is 5.91 Å². The van der Waals surface area contributed by atoms with E-state index in [1.807, 2.05) is 5.38 Å². The van der Waals surface area contributed by atoms with E-state index in [-0.39, 0.29) is 36.4 Å². The summed E-state index contributed by atoms with van der Waals surface area (Å²) in [5.41, 5.74) is 5.50. The van der Waals surface area contributed by atoms with Gasteiger partial charge in [-0.15, -0.1) is 34.5 Å². The van der Waals surface area contributed by atoms with Crippen LogP contribution in [-0.4, -0.2) is 63.3 Å². The fraction of sp³-hybridized carbons (Fsp3) is 0.435. The number of ether oxygens (including phenoxy) is 1. The summed E-state index contributed by atoms with van der Waals surface area (Å²) < 4.78 is 4.94. The Bertz CT molecular complexity index is 1160. The molecule has 2 atom stereocenters. The molecule has 4 rings (SSSR count). The highest BCUT2D eigenvalue weighted by molar-refractivity contribution is 7.09. The first kappa shape index (κ1) is 26.2. The van der Waals surface area contributed by atoms with Gasteiger partial charge in [0, 0.05) is 41.8 Å². The highest BCUT2D eigenvalue weighted by Crippen LogP contribution is 2.52. The van der Waals surface area contributed by atoms with Gasteiger partial charge < -0.3 is 26.0 Å². The van der Waals surface area contributed by atoms with Crippen LogP contribution in [0.25, 0.3) is 0 Å². The summed E-state index contributed by atoms with van der Waals surface area (Å²) in [6, 6.07) is 4.23. The lowest BCUT2D eigenvalue weighted by Crippen LogP contribution is -2.48. The van der Waals surface area contributed by atoms with Crippen molar-refractivity contribution in [1.29, 1.82) is 5.41 Å². The molecule has 13 heteroatoms. The van der Waals surface area contributed by atoms with Crippen molar-refractivity contribution in [1.82, 2.24) is 15.2 Å². The molecule has 3 amide bonds. The summed E-state index contributed by atoms with van der Waals surface area (Å²) in [6.45, 7) is 0.947. The number of nitrogens with zero attached hydrogens (tertiary/aromatic N) is 2. The van der Waals surface area contributed by atoms with E-state index in [1.165, 1.54) is 22.3 Å². The maximum atomic E-state index is 13.0. The number of nitrogens with two attached hydrogens (primary N) is 1. The summed E-state index contributed by atoms with van der Waals surface area (Å²) in [6.07, 6.45) is 3.58. The number of nitrogens with one attached hydrogen (secondary N) is 3. The Morgan fingerprint density at radius 3 is 2.78 bits per heavy atom. The molecule has 1 saturated carbocycles. The zero-order valence-electron chi connectivity index (χ0n) is 19.3. The molecule has 0 radical (unpaired) electrons. The van der Waals surface area contributed by atoms with Crippen molar-refractivity contribution in [2.45, 2.75) is 36.2 Å². The number of amides is 3. The Kier molecular flexibility index (Phi) is 8.01. The van der Waals surface area contributed by atoms with Gasteiger partial charge in [-0.25, -0.2) is 4.98 Å². The van der Waals surface area contributed by atoms with E-state index < -0.39 is 22.0 Å². The van der Waals surface area contributed by atoms with Gasteiger partial charge in [0.05, 0.1) is 6.54 Å². The fourth-order valence-corrected chi connectivity index (χ4v) is 5.07. The van der Waals surface area contributed by atoms with Crippen LogP contribution < -0.4 is 21.1 Å². The minimum atomic E-state index is -0.911. The van der Waals surface area contributed by atoms with Gasteiger partial charge in [0.15, 0.2) is 0 Å². The van der Waals surface area contributed by atoms with E-state index >= 15 is 0 Å². The maximum absolute atomic E-state index is 13.0. The zero-order valence-corrected chi connectivity index (χ0v) is 21.6. The molecule has 1 aromatic carbocycles. The van der Waals surface area contributed by atoms with Gasteiger partial charge in [-0.05, 0) is 37.5 Å². The fourth-order valence-electron chi connectivity index (χ4n) is 4.02. The monoisotopic (exact) mass is 552 g/mol. The number of carbonyl (C=O) groups excluding carboxylic acids is 3. The van der Waals surface area contributed by atoms with Crippen molar-refractivity contribution < 1.29 is 19.1 Å². The Morgan fingerprint density at radius 2 is 2.11 bits per heavy atom. The minimum Gasteiger partial charge on any atom is -0.486 e. The maximum Gasteiger partial charge on any atom is 0.267 e. The first-order valence-electron chi connectivity index (χ1n) is 11.4. The Morgan fingerprint density at radius 1 is 1.33 bits per heavy atom. The Hall–Kier alpha value is -2.89. The summed E-state index contributed by atoms with van der Waals surface area (Å²) in [5.74, 6) is -0.970. The molecule has 0 bridgehead atoms. The molecule has 0 spiro atoms. The number of primary amides is 1. The molecule has 0 unspecified atom stereocenters. The molecule has 192 valence electrons. The second-order valence-electron chi connectivity index (χ2n) is 8.67. The Balaban J connectivity index is 1.38. The van der Waals surface area contributed by atoms with Crippen molar-refractivity contribution in [2.75, 3.05) is 25.0 Å². The predicted molar refractivity (Wildman–Crippen MR) is 138 cm³/mol. The third-order valence-corrected chi connectivity index (χ3v) is 7.82. The van der Waals surface area contributed by atoms with Gasteiger partial charge >= 0.3 is 0 Å². The van der Waals surface area contributed by atoms with Gasteiger partial charge in [0.1, 0.15) is 33.5 Å². The Labute approximate surface area is 222 Å². The highest BCUT2D eigenvalue weighted by atomic mass is 35.5. The molecule has 1 saturated heterocycles. The number of benzene rings is 1. The SMILES string of the molecule is N=C(C(N)=O)c1cc(OCc2nccs2)ccc1NCC(=O)N1CCC[C@H]1C(=O)NC[C@H]1CC1(Cl)Cl. The number of thiazole rings is 1. The van der Waals surface area contributed by atoms with E-state index in [0.29, 0.717) is 43.8 Å². The highest BCUT2D eigenvalue weighted by Gasteiger charge is 2.51. The number of carbonyl (C=O) groups is 3. The lowest BCUT2D eigenvalue weighted by Gasteiger charge is -2.24. The molecule has 5 N–H and O–H groups in total. The van der Waals surface area contributed by atoms with Crippen LogP contribution in [0.4, 0.5) is 5.69 Å². The number of rotatable bonds is 11. The second-order valence-corrected chi connectivity index (χ2v) is 11.2. The topological polar surface area (TPSA) is 150 Å². The molecule has 2 fully saturated rings.